The molecule has 2 rings (SSSR count). The second-order valence-corrected chi connectivity index (χ2v) is 4.37. The average Bonchev–Trinajstić information content (AvgIpc) is 2.33. The molecule has 1 aliphatic rings. The van der Waals surface area contributed by atoms with Crippen LogP contribution in [0.2, 0.25) is 0 Å². The van der Waals surface area contributed by atoms with Gasteiger partial charge in [0, 0.05) is 12.0 Å². The highest BCUT2D eigenvalue weighted by Gasteiger charge is 2.33. The third kappa shape index (κ3) is 2.22. The molecule has 1 aromatic carbocycles. The lowest BCUT2D eigenvalue weighted by Gasteiger charge is -2.33. The number of ether oxygens (including phenoxy) is 1. The maximum Gasteiger partial charge on any atom is 0.407 e. The summed E-state index contributed by atoms with van der Waals surface area (Å²) in [6, 6.07) is 6.62. The topological polar surface area (TPSA) is 75.6 Å². The molecule has 17 heavy (non-hydrogen) atoms. The molecule has 1 heterocycles. The number of nitrogens with one attached hydrogen (secondary N) is 1. The van der Waals surface area contributed by atoms with Crippen molar-refractivity contribution in [2.24, 2.45) is 0 Å². The molecule has 0 aliphatic carbocycles. The van der Waals surface area contributed by atoms with E-state index in [1.54, 1.807) is 24.3 Å². The number of carbonyl (C=O) groups is 2. The highest BCUT2D eigenvalue weighted by molar-refractivity contribution is 5.87. The zero-order valence-corrected chi connectivity index (χ0v) is 9.40. The number of carboxylic acids is 1. The smallest absolute Gasteiger partial charge is 0.407 e. The van der Waals surface area contributed by atoms with Crippen LogP contribution in [0.5, 0.6) is 0 Å². The Morgan fingerprint density at radius 1 is 1.41 bits per heavy atom. The van der Waals surface area contributed by atoms with E-state index in [9.17, 15) is 9.59 Å². The Morgan fingerprint density at radius 2 is 2.06 bits per heavy atom. The molecule has 1 atom stereocenters. The van der Waals surface area contributed by atoms with Gasteiger partial charge < -0.3 is 15.2 Å². The molecule has 5 nitrogen and oxygen atoms in total. The summed E-state index contributed by atoms with van der Waals surface area (Å²) < 4.78 is 4.96. The highest BCUT2D eigenvalue weighted by atomic mass is 16.6. The first-order valence-electron chi connectivity index (χ1n) is 5.26. The Bertz CT molecular complexity index is 442. The van der Waals surface area contributed by atoms with Crippen LogP contribution in [0.3, 0.4) is 0 Å². The number of cyclic esters (lactones) is 1. The van der Waals surface area contributed by atoms with Gasteiger partial charge in [-0.05, 0) is 17.7 Å². The molecule has 0 spiro atoms. The third-order valence-electron chi connectivity index (χ3n) is 2.97. The van der Waals surface area contributed by atoms with Crippen LogP contribution >= 0.6 is 0 Å². The molecular formula is C12H13NO4. The minimum atomic E-state index is -0.949. The lowest BCUT2D eigenvalue weighted by molar-refractivity contribution is 0.0697. The van der Waals surface area contributed by atoms with Crippen molar-refractivity contribution in [2.75, 3.05) is 13.2 Å². The van der Waals surface area contributed by atoms with Crippen molar-refractivity contribution >= 4 is 12.1 Å². The summed E-state index contributed by atoms with van der Waals surface area (Å²) in [5.41, 5.74) is 0.880. The van der Waals surface area contributed by atoms with Crippen LogP contribution in [0, 0.1) is 0 Å². The van der Waals surface area contributed by atoms with E-state index >= 15 is 0 Å². The first-order chi connectivity index (χ1) is 8.01. The molecule has 5 heteroatoms. The Kier molecular flexibility index (Phi) is 2.75. The van der Waals surface area contributed by atoms with Crippen LogP contribution < -0.4 is 5.32 Å². The normalized spacial score (nSPS) is 23.7. The van der Waals surface area contributed by atoms with Crippen LogP contribution in [0.15, 0.2) is 24.3 Å². The summed E-state index contributed by atoms with van der Waals surface area (Å²) in [5, 5.41) is 11.4. The summed E-state index contributed by atoms with van der Waals surface area (Å²) in [6.07, 6.45) is -0.412. The Hall–Kier alpha value is -2.04. The summed E-state index contributed by atoms with van der Waals surface area (Å²) in [4.78, 5) is 21.6. The van der Waals surface area contributed by atoms with Crippen LogP contribution in [-0.4, -0.2) is 30.3 Å². The lowest BCUT2D eigenvalue weighted by Crippen LogP contribution is -2.48. The second kappa shape index (κ2) is 4.08. The van der Waals surface area contributed by atoms with E-state index in [1.165, 1.54) is 0 Å². The fourth-order valence-corrected chi connectivity index (χ4v) is 1.79. The molecule has 1 aliphatic heterocycles. The van der Waals surface area contributed by atoms with Crippen molar-refractivity contribution in [2.45, 2.75) is 12.3 Å². The van der Waals surface area contributed by atoms with Gasteiger partial charge in [-0.25, -0.2) is 9.59 Å². The molecule has 0 aromatic heterocycles. The maximum atomic E-state index is 10.9. The first kappa shape index (κ1) is 11.4. The van der Waals surface area contributed by atoms with Gasteiger partial charge in [-0.1, -0.05) is 19.1 Å². The van der Waals surface area contributed by atoms with E-state index in [-0.39, 0.29) is 11.0 Å². The van der Waals surface area contributed by atoms with Crippen molar-refractivity contribution in [3.8, 4) is 0 Å². The highest BCUT2D eigenvalue weighted by Crippen LogP contribution is 2.26. The molecule has 0 saturated carbocycles. The fourth-order valence-electron chi connectivity index (χ4n) is 1.79. The van der Waals surface area contributed by atoms with E-state index in [0.717, 1.165) is 5.56 Å². The number of carbonyl (C=O) groups excluding carboxylic acids is 1. The van der Waals surface area contributed by atoms with Crippen LogP contribution in [0.1, 0.15) is 22.8 Å². The molecule has 1 aromatic rings. The predicted octanol–water partition coefficient (Wildman–Crippen LogP) is 1.38. The quantitative estimate of drug-likeness (QED) is 0.812. The number of aromatic carboxylic acids is 1. The first-order valence-corrected chi connectivity index (χ1v) is 5.26. The van der Waals surface area contributed by atoms with E-state index in [0.29, 0.717) is 13.2 Å². The molecular weight excluding hydrogens is 222 g/mol. The Labute approximate surface area is 98.4 Å². The van der Waals surface area contributed by atoms with Crippen molar-refractivity contribution in [3.05, 3.63) is 35.4 Å². The van der Waals surface area contributed by atoms with Gasteiger partial charge in [-0.2, -0.15) is 0 Å². The van der Waals surface area contributed by atoms with Crippen LogP contribution in [-0.2, 0) is 10.2 Å². The Balaban J connectivity index is 2.22. The zero-order valence-electron chi connectivity index (χ0n) is 9.40. The van der Waals surface area contributed by atoms with Crippen molar-refractivity contribution in [3.63, 3.8) is 0 Å². The number of carboxylic acid groups (broad SMARTS) is 1. The molecule has 2 N–H and O–H groups in total. The monoisotopic (exact) mass is 235 g/mol. The average molecular weight is 235 g/mol. The van der Waals surface area contributed by atoms with Crippen molar-refractivity contribution in [1.29, 1.82) is 0 Å². The van der Waals surface area contributed by atoms with Gasteiger partial charge in [0.05, 0.1) is 5.56 Å². The van der Waals surface area contributed by atoms with Gasteiger partial charge in [0.1, 0.15) is 6.61 Å². The third-order valence-corrected chi connectivity index (χ3v) is 2.97. The number of alkyl carbamates (subject to hydrolysis) is 1. The predicted molar refractivity (Wildman–Crippen MR) is 60.1 cm³/mol. The SMILES string of the molecule is CC1(c2ccc(C(=O)O)cc2)CNC(=O)OC1. The minimum absolute atomic E-state index is 0.248. The van der Waals surface area contributed by atoms with Gasteiger partial charge in [0.25, 0.3) is 0 Å². The van der Waals surface area contributed by atoms with E-state index in [1.807, 2.05) is 6.92 Å². The van der Waals surface area contributed by atoms with E-state index in [4.69, 9.17) is 9.84 Å². The number of benzene rings is 1. The maximum absolute atomic E-state index is 10.9. The zero-order chi connectivity index (χ0) is 12.5. The molecule has 0 radical (unpaired) electrons. The van der Waals surface area contributed by atoms with Gasteiger partial charge in [-0.3, -0.25) is 0 Å². The number of hydrogen-bond donors (Lipinski definition) is 2. The molecule has 0 bridgehead atoms. The molecule has 1 amide bonds. The molecule has 1 fully saturated rings. The standard InChI is InChI=1S/C12H13NO4/c1-12(6-13-11(16)17-7-12)9-4-2-8(3-5-9)10(14)15/h2-5H,6-7H2,1H3,(H,13,16)(H,14,15). The van der Waals surface area contributed by atoms with Gasteiger partial charge in [-0.15, -0.1) is 0 Å². The molecule has 1 saturated heterocycles. The Morgan fingerprint density at radius 3 is 2.53 bits per heavy atom. The summed E-state index contributed by atoms with van der Waals surface area (Å²) >= 11 is 0. The van der Waals surface area contributed by atoms with Gasteiger partial charge >= 0.3 is 12.1 Å². The largest absolute Gasteiger partial charge is 0.478 e. The van der Waals surface area contributed by atoms with E-state index in [2.05, 4.69) is 5.32 Å². The fraction of sp³-hybridized carbons (Fsp3) is 0.333. The number of amides is 1. The second-order valence-electron chi connectivity index (χ2n) is 4.37. The summed E-state index contributed by atoms with van der Waals surface area (Å²) in [6.45, 7) is 2.74. The molecule has 90 valence electrons. The van der Waals surface area contributed by atoms with Crippen LogP contribution in [0.25, 0.3) is 0 Å². The van der Waals surface area contributed by atoms with Crippen molar-refractivity contribution < 1.29 is 19.4 Å². The number of hydrogen-bond acceptors (Lipinski definition) is 3. The number of rotatable bonds is 2. The van der Waals surface area contributed by atoms with E-state index < -0.39 is 12.1 Å². The van der Waals surface area contributed by atoms with Crippen LogP contribution in [0.4, 0.5) is 4.79 Å². The van der Waals surface area contributed by atoms with Gasteiger partial charge in [0.2, 0.25) is 0 Å². The van der Waals surface area contributed by atoms with Gasteiger partial charge in [0.15, 0.2) is 0 Å². The summed E-state index contributed by atoms with van der Waals surface area (Å²) in [7, 11) is 0. The lowest BCUT2D eigenvalue weighted by atomic mass is 9.82. The summed E-state index contributed by atoms with van der Waals surface area (Å²) in [5.74, 6) is -0.949. The minimum Gasteiger partial charge on any atom is -0.478 e. The van der Waals surface area contributed by atoms with Crippen molar-refractivity contribution in [1.82, 2.24) is 5.32 Å². The molecule has 1 unspecified atom stereocenters.